The number of imidazole rings is 1. The van der Waals surface area contributed by atoms with Crippen molar-refractivity contribution in [3.8, 4) is 23.0 Å². The van der Waals surface area contributed by atoms with Gasteiger partial charge in [-0.25, -0.2) is 4.98 Å². The van der Waals surface area contributed by atoms with Crippen LogP contribution in [0, 0.1) is 6.33 Å². The first-order chi connectivity index (χ1) is 27.2. The summed E-state index contributed by atoms with van der Waals surface area (Å²) in [6.45, 7) is 6.78. The van der Waals surface area contributed by atoms with E-state index < -0.39 is 0 Å². The Bertz CT molecular complexity index is 3420. The number of aromatic nitrogens is 6. The second-order valence-corrected chi connectivity index (χ2v) is 16.1. The molecule has 11 rings (SSSR count). The molecule has 56 heavy (non-hydrogen) atoms. The van der Waals surface area contributed by atoms with Crippen LogP contribution in [0.15, 0.2) is 134 Å². The Hall–Kier alpha value is -6.86. The summed E-state index contributed by atoms with van der Waals surface area (Å²) in [7, 11) is 6.43. The molecule has 7 heteroatoms. The lowest BCUT2D eigenvalue weighted by atomic mass is 9.88. The number of ether oxygens (including phenoxy) is 1. The predicted octanol–water partition coefficient (Wildman–Crippen LogP) is 11.1. The zero-order chi connectivity index (χ0) is 38.0. The van der Waals surface area contributed by atoms with E-state index in [9.17, 15) is 0 Å². The molecule has 11 aromatic rings. The zero-order valence-corrected chi connectivity index (χ0v) is 32.3. The number of rotatable bonds is 4. The van der Waals surface area contributed by atoms with Crippen molar-refractivity contribution in [3.63, 3.8) is 0 Å². The molecule has 0 bridgehead atoms. The number of fused-ring (bicyclic) bond motifs is 13. The average Bonchev–Trinajstić information content (AvgIpc) is 3.91. The van der Waals surface area contributed by atoms with Gasteiger partial charge in [-0.2, -0.15) is 0 Å². The van der Waals surface area contributed by atoms with E-state index in [0.29, 0.717) is 0 Å². The molecule has 0 unspecified atom stereocenters. The normalized spacial score (nSPS) is 12.5. The SMILES string of the molecule is Cn1[c-][n+](-c2cccc(Oc3ccc4c5c6c7ccccc7n(C)c6c6c(c7ccccc7n6C)c5n(-c5cc(C(C)(C)C)ccn5)c4c3)c2)c2ccccc21. The number of para-hydroxylation sites is 4. The second-order valence-electron chi connectivity index (χ2n) is 16.1. The van der Waals surface area contributed by atoms with Crippen molar-refractivity contribution in [2.24, 2.45) is 21.1 Å². The highest BCUT2D eigenvalue weighted by Gasteiger charge is 2.27. The Morgan fingerprint density at radius 1 is 0.571 bits per heavy atom. The van der Waals surface area contributed by atoms with Crippen LogP contribution in [0.5, 0.6) is 11.5 Å². The highest BCUT2D eigenvalue weighted by Crippen LogP contribution is 2.49. The van der Waals surface area contributed by atoms with E-state index in [1.54, 1.807) is 0 Å². The van der Waals surface area contributed by atoms with Gasteiger partial charge in [-0.3, -0.25) is 4.57 Å². The van der Waals surface area contributed by atoms with Crippen molar-refractivity contribution in [3.05, 3.63) is 145 Å². The van der Waals surface area contributed by atoms with Gasteiger partial charge in [0.05, 0.1) is 45.8 Å². The molecule has 5 heterocycles. The first kappa shape index (κ1) is 32.6. The molecule has 7 nitrogen and oxygen atoms in total. The van der Waals surface area contributed by atoms with E-state index in [-0.39, 0.29) is 5.41 Å². The summed E-state index contributed by atoms with van der Waals surface area (Å²) in [5, 5.41) is 7.29. The molecule has 0 saturated heterocycles. The molecule has 0 N–H and O–H groups in total. The number of benzene rings is 6. The van der Waals surface area contributed by atoms with Gasteiger partial charge in [-0.05, 0) is 59.5 Å². The first-order valence-corrected chi connectivity index (χ1v) is 19.2. The van der Waals surface area contributed by atoms with Crippen molar-refractivity contribution < 1.29 is 9.30 Å². The van der Waals surface area contributed by atoms with Crippen molar-refractivity contribution in [2.75, 3.05) is 0 Å². The minimum Gasteiger partial charge on any atom is -0.458 e. The second kappa shape index (κ2) is 11.6. The van der Waals surface area contributed by atoms with Crippen LogP contribution in [-0.4, -0.2) is 23.3 Å². The van der Waals surface area contributed by atoms with Gasteiger partial charge in [0.15, 0.2) is 0 Å². The molecule has 0 amide bonds. The van der Waals surface area contributed by atoms with Crippen LogP contribution in [0.2, 0.25) is 0 Å². The molecule has 0 saturated carbocycles. The van der Waals surface area contributed by atoms with Gasteiger partial charge in [0, 0.05) is 69.7 Å². The lowest BCUT2D eigenvalue weighted by molar-refractivity contribution is -0.572. The Labute approximate surface area is 323 Å². The van der Waals surface area contributed by atoms with Crippen LogP contribution >= 0.6 is 0 Å². The first-order valence-electron chi connectivity index (χ1n) is 19.2. The molecule has 5 aromatic heterocycles. The topological polar surface area (TPSA) is 45.7 Å². The lowest BCUT2D eigenvalue weighted by Gasteiger charge is -2.20. The van der Waals surface area contributed by atoms with Crippen LogP contribution in [0.3, 0.4) is 0 Å². The fraction of sp³-hybridized carbons (Fsp3) is 0.143. The fourth-order valence-electron chi connectivity index (χ4n) is 9.11. The van der Waals surface area contributed by atoms with E-state index in [4.69, 9.17) is 9.72 Å². The monoisotopic (exact) mass is 728 g/mol. The van der Waals surface area contributed by atoms with E-state index >= 15 is 0 Å². The van der Waals surface area contributed by atoms with Gasteiger partial charge < -0.3 is 23.0 Å². The molecule has 0 aliphatic heterocycles. The lowest BCUT2D eigenvalue weighted by Crippen LogP contribution is -2.29. The van der Waals surface area contributed by atoms with Gasteiger partial charge >= 0.3 is 0 Å². The third kappa shape index (κ3) is 4.51. The largest absolute Gasteiger partial charge is 0.458 e. The summed E-state index contributed by atoms with van der Waals surface area (Å²) in [4.78, 5) is 5.12. The van der Waals surface area contributed by atoms with Gasteiger partial charge in [0.25, 0.3) is 0 Å². The molecule has 0 aliphatic rings. The van der Waals surface area contributed by atoms with E-state index in [0.717, 1.165) is 50.5 Å². The van der Waals surface area contributed by atoms with Crippen LogP contribution < -0.4 is 9.30 Å². The molecular formula is C49H40N6O. The maximum Gasteiger partial charge on any atom is 0.244 e. The molecule has 272 valence electrons. The van der Waals surface area contributed by atoms with E-state index in [1.165, 1.54) is 54.6 Å². The number of nitrogens with zero attached hydrogens (tertiary/aromatic N) is 6. The molecule has 6 aromatic carbocycles. The summed E-state index contributed by atoms with van der Waals surface area (Å²) < 4.78 is 18.0. The molecule has 0 aliphatic carbocycles. The molecule has 0 atom stereocenters. The minimum absolute atomic E-state index is 0.0626. The Morgan fingerprint density at radius 3 is 1.95 bits per heavy atom. The van der Waals surface area contributed by atoms with Crippen molar-refractivity contribution in [1.29, 1.82) is 0 Å². The summed E-state index contributed by atoms with van der Waals surface area (Å²) in [6, 6.07) is 45.1. The number of hydrogen-bond donors (Lipinski definition) is 0. The number of hydrogen-bond acceptors (Lipinski definition) is 2. The molecule has 0 spiro atoms. The van der Waals surface area contributed by atoms with Crippen molar-refractivity contribution >= 4 is 76.5 Å². The smallest absolute Gasteiger partial charge is 0.244 e. The van der Waals surface area contributed by atoms with Gasteiger partial charge in [-0.15, -0.1) is 0 Å². The molecule has 0 radical (unpaired) electrons. The summed E-state index contributed by atoms with van der Waals surface area (Å²) in [5.41, 5.74) is 11.4. The van der Waals surface area contributed by atoms with Crippen molar-refractivity contribution in [1.82, 2.24) is 23.3 Å². The standard InChI is InChI=1S/C49H40N6O/c1-49(2,3)30-24-25-50-42(26-30)55-41-28-33(56-32-15-13-14-31(27-32)54-29-51(4)39-20-11-12-21-40(39)54)22-23-36(41)43-44-34-16-7-9-18-37(34)52(5)47(44)48-45(46(43)55)35-17-8-10-19-38(35)53(48)6/h7-28H,1-6H3. The maximum atomic E-state index is 6.78. The van der Waals surface area contributed by atoms with Gasteiger partial charge in [-0.1, -0.05) is 93.6 Å². The van der Waals surface area contributed by atoms with E-state index in [1.807, 2.05) is 29.9 Å². The zero-order valence-electron chi connectivity index (χ0n) is 32.3. The quantitative estimate of drug-likeness (QED) is 0.134. The third-order valence-electron chi connectivity index (χ3n) is 11.8. The number of aryl methyl sites for hydroxylation is 3. The maximum absolute atomic E-state index is 6.78. The van der Waals surface area contributed by atoms with Crippen LogP contribution in [0.25, 0.3) is 88.0 Å². The highest BCUT2D eigenvalue weighted by atomic mass is 16.5. The van der Waals surface area contributed by atoms with Crippen LogP contribution in [0.4, 0.5) is 0 Å². The Balaban J connectivity index is 1.24. The molecular weight excluding hydrogens is 689 g/mol. The third-order valence-corrected chi connectivity index (χ3v) is 11.8. The van der Waals surface area contributed by atoms with Gasteiger partial charge in [0.2, 0.25) is 6.33 Å². The minimum atomic E-state index is -0.0626. The average molecular weight is 729 g/mol. The van der Waals surface area contributed by atoms with E-state index in [2.05, 4.69) is 175 Å². The predicted molar refractivity (Wildman–Crippen MR) is 229 cm³/mol. The number of pyridine rings is 1. The fourth-order valence-corrected chi connectivity index (χ4v) is 9.11. The highest BCUT2D eigenvalue weighted by molar-refractivity contribution is 6.40. The molecule has 0 fully saturated rings. The van der Waals surface area contributed by atoms with Crippen LogP contribution in [-0.2, 0) is 26.6 Å². The summed E-state index contributed by atoms with van der Waals surface area (Å²) >= 11 is 0. The Morgan fingerprint density at radius 2 is 1.20 bits per heavy atom. The Kier molecular flexibility index (Phi) is 6.73. The summed E-state index contributed by atoms with van der Waals surface area (Å²) in [6.07, 6.45) is 5.42. The summed E-state index contributed by atoms with van der Waals surface area (Å²) in [5.74, 6) is 2.38. The van der Waals surface area contributed by atoms with Gasteiger partial charge in [0.1, 0.15) is 17.3 Å². The van der Waals surface area contributed by atoms with Crippen molar-refractivity contribution in [2.45, 2.75) is 26.2 Å². The van der Waals surface area contributed by atoms with Crippen LogP contribution in [0.1, 0.15) is 26.3 Å².